The predicted octanol–water partition coefficient (Wildman–Crippen LogP) is 3.92. The summed E-state index contributed by atoms with van der Waals surface area (Å²) >= 11 is 6.07. The Morgan fingerprint density at radius 2 is 1.96 bits per heavy atom. The second kappa shape index (κ2) is 7.17. The number of hydrogen-bond donors (Lipinski definition) is 1. The van der Waals surface area contributed by atoms with Crippen molar-refractivity contribution in [1.29, 1.82) is 0 Å². The van der Waals surface area contributed by atoms with E-state index < -0.39 is 0 Å². The first-order chi connectivity index (χ1) is 12.4. The Labute approximate surface area is 156 Å². The summed E-state index contributed by atoms with van der Waals surface area (Å²) in [6, 6.07) is 10.5. The van der Waals surface area contributed by atoms with E-state index in [0.29, 0.717) is 39.9 Å². The maximum atomic E-state index is 12.9. The molecule has 0 saturated heterocycles. The van der Waals surface area contributed by atoms with Crippen LogP contribution >= 0.6 is 11.6 Å². The van der Waals surface area contributed by atoms with Crippen molar-refractivity contribution < 1.29 is 9.59 Å². The van der Waals surface area contributed by atoms with Crippen LogP contribution in [0.15, 0.2) is 42.6 Å². The zero-order valence-electron chi connectivity index (χ0n) is 14.8. The Morgan fingerprint density at radius 3 is 2.69 bits per heavy atom. The molecule has 0 fully saturated rings. The molecule has 1 N–H and O–H groups in total. The molecule has 0 atom stereocenters. The molecule has 134 valence electrons. The van der Waals surface area contributed by atoms with E-state index in [9.17, 15) is 9.59 Å². The number of carbonyl (C=O) groups is 2. The van der Waals surface area contributed by atoms with Crippen molar-refractivity contribution in [3.05, 3.63) is 58.9 Å². The van der Waals surface area contributed by atoms with Crippen molar-refractivity contribution in [2.75, 3.05) is 17.3 Å². The van der Waals surface area contributed by atoms with Crippen LogP contribution in [-0.2, 0) is 4.79 Å². The fourth-order valence-corrected chi connectivity index (χ4v) is 2.95. The smallest absolute Gasteiger partial charge is 0.258 e. The summed E-state index contributed by atoms with van der Waals surface area (Å²) in [5.74, 6) is 0.163. The third-order valence-corrected chi connectivity index (χ3v) is 4.40. The van der Waals surface area contributed by atoms with Crippen LogP contribution in [0.1, 0.15) is 29.4 Å². The van der Waals surface area contributed by atoms with Crippen molar-refractivity contribution in [1.82, 2.24) is 9.38 Å². The number of amides is 2. The fourth-order valence-electron chi connectivity index (χ4n) is 2.79. The highest BCUT2D eigenvalue weighted by atomic mass is 35.5. The molecule has 2 aromatic heterocycles. The average Bonchev–Trinajstić information content (AvgIpc) is 2.95. The van der Waals surface area contributed by atoms with Crippen molar-refractivity contribution >= 4 is 40.6 Å². The van der Waals surface area contributed by atoms with Gasteiger partial charge in [-0.05, 0) is 31.2 Å². The van der Waals surface area contributed by atoms with Gasteiger partial charge in [0, 0.05) is 19.7 Å². The maximum absolute atomic E-state index is 12.9. The number of benzene rings is 1. The minimum absolute atomic E-state index is 0.0667. The van der Waals surface area contributed by atoms with Crippen LogP contribution in [0.4, 0.5) is 11.5 Å². The Balaban J connectivity index is 1.99. The molecule has 7 heteroatoms. The van der Waals surface area contributed by atoms with E-state index in [1.54, 1.807) is 61.0 Å². The van der Waals surface area contributed by atoms with E-state index >= 15 is 0 Å². The number of aromatic nitrogens is 2. The van der Waals surface area contributed by atoms with Gasteiger partial charge < -0.3 is 10.2 Å². The number of para-hydroxylation sites is 1. The molecule has 3 rings (SSSR count). The molecule has 26 heavy (non-hydrogen) atoms. The van der Waals surface area contributed by atoms with E-state index in [0.717, 1.165) is 0 Å². The number of pyridine rings is 1. The van der Waals surface area contributed by atoms with E-state index in [1.165, 1.54) is 4.90 Å². The summed E-state index contributed by atoms with van der Waals surface area (Å²) in [6.45, 7) is 3.60. The van der Waals surface area contributed by atoms with E-state index in [2.05, 4.69) is 10.3 Å². The maximum Gasteiger partial charge on any atom is 0.258 e. The zero-order chi connectivity index (χ0) is 18.8. The van der Waals surface area contributed by atoms with Crippen LogP contribution in [0.3, 0.4) is 0 Å². The molecular weight excluding hydrogens is 352 g/mol. The van der Waals surface area contributed by atoms with Crippen LogP contribution in [-0.4, -0.2) is 28.2 Å². The van der Waals surface area contributed by atoms with E-state index in [-0.39, 0.29) is 11.8 Å². The molecule has 0 aliphatic carbocycles. The molecule has 6 nitrogen and oxygen atoms in total. The first-order valence-electron chi connectivity index (χ1n) is 8.23. The molecule has 0 aliphatic rings. The highest BCUT2D eigenvalue weighted by Crippen LogP contribution is 2.24. The Hall–Kier alpha value is -2.86. The number of hydrogen-bond acceptors (Lipinski definition) is 3. The van der Waals surface area contributed by atoms with Crippen LogP contribution in [0.5, 0.6) is 0 Å². The number of carbonyl (C=O) groups excluding carboxylic acids is 2. The Kier molecular flexibility index (Phi) is 4.95. The first-order valence-corrected chi connectivity index (χ1v) is 8.61. The monoisotopic (exact) mass is 370 g/mol. The molecular formula is C19H19ClN4O2. The predicted molar refractivity (Wildman–Crippen MR) is 103 cm³/mol. The number of nitrogens with zero attached hydrogens (tertiary/aromatic N) is 3. The molecule has 0 bridgehead atoms. The SMILES string of the molecule is CCC(=O)N(C)c1ccccc1C(=O)Nc1c(C)nc2ccc(Cl)cn12. The minimum atomic E-state index is -0.318. The number of anilines is 2. The lowest BCUT2D eigenvalue weighted by Gasteiger charge is -2.19. The summed E-state index contributed by atoms with van der Waals surface area (Å²) in [7, 11) is 1.66. The first kappa shape index (κ1) is 17.9. The van der Waals surface area contributed by atoms with Gasteiger partial charge in [-0.1, -0.05) is 30.7 Å². The molecule has 0 radical (unpaired) electrons. The van der Waals surface area contributed by atoms with Gasteiger partial charge in [-0.2, -0.15) is 0 Å². The lowest BCUT2D eigenvalue weighted by Crippen LogP contribution is -2.28. The molecule has 0 aliphatic heterocycles. The third-order valence-electron chi connectivity index (χ3n) is 4.18. The van der Waals surface area contributed by atoms with E-state index in [1.807, 2.05) is 6.92 Å². The van der Waals surface area contributed by atoms with Gasteiger partial charge in [0.2, 0.25) is 5.91 Å². The molecule has 2 heterocycles. The lowest BCUT2D eigenvalue weighted by molar-refractivity contribution is -0.118. The molecule has 0 unspecified atom stereocenters. The van der Waals surface area contributed by atoms with Crippen LogP contribution in [0, 0.1) is 6.92 Å². The van der Waals surface area contributed by atoms with Gasteiger partial charge in [-0.25, -0.2) is 4.98 Å². The lowest BCUT2D eigenvalue weighted by atomic mass is 10.1. The van der Waals surface area contributed by atoms with Gasteiger partial charge in [0.05, 0.1) is 22.0 Å². The number of halogens is 1. The van der Waals surface area contributed by atoms with Crippen molar-refractivity contribution in [2.24, 2.45) is 0 Å². The van der Waals surface area contributed by atoms with E-state index in [4.69, 9.17) is 11.6 Å². The van der Waals surface area contributed by atoms with Crippen LogP contribution in [0.25, 0.3) is 5.65 Å². The summed E-state index contributed by atoms with van der Waals surface area (Å²) in [4.78, 5) is 30.9. The standard InChI is InChI=1S/C19H19ClN4O2/c1-4-17(25)23(3)15-8-6-5-7-14(15)19(26)22-18-12(2)21-16-10-9-13(20)11-24(16)18/h5-11H,4H2,1-3H3,(H,22,26). The number of fused-ring (bicyclic) bond motifs is 1. The van der Waals surface area contributed by atoms with Gasteiger partial charge in [-0.15, -0.1) is 0 Å². The summed E-state index contributed by atoms with van der Waals surface area (Å²) in [5, 5.41) is 3.43. The summed E-state index contributed by atoms with van der Waals surface area (Å²) in [6.07, 6.45) is 2.06. The second-order valence-corrected chi connectivity index (χ2v) is 6.34. The van der Waals surface area contributed by atoms with Gasteiger partial charge in [0.1, 0.15) is 11.5 Å². The normalized spacial score (nSPS) is 10.8. The largest absolute Gasteiger partial charge is 0.315 e. The number of imidazole rings is 1. The van der Waals surface area contributed by atoms with Gasteiger partial charge >= 0.3 is 0 Å². The average molecular weight is 371 g/mol. The van der Waals surface area contributed by atoms with Gasteiger partial charge in [0.15, 0.2) is 0 Å². The Morgan fingerprint density at radius 1 is 1.23 bits per heavy atom. The fraction of sp³-hybridized carbons (Fsp3) is 0.211. The van der Waals surface area contributed by atoms with Gasteiger partial charge in [0.25, 0.3) is 5.91 Å². The number of rotatable bonds is 4. The van der Waals surface area contributed by atoms with Crippen LogP contribution in [0.2, 0.25) is 5.02 Å². The minimum Gasteiger partial charge on any atom is -0.315 e. The Bertz CT molecular complexity index is 996. The quantitative estimate of drug-likeness (QED) is 0.756. The van der Waals surface area contributed by atoms with Crippen molar-refractivity contribution in [3.8, 4) is 0 Å². The summed E-state index contributed by atoms with van der Waals surface area (Å²) < 4.78 is 1.74. The number of aryl methyl sites for hydroxylation is 1. The second-order valence-electron chi connectivity index (χ2n) is 5.90. The molecule has 2 amide bonds. The third kappa shape index (κ3) is 3.28. The summed E-state index contributed by atoms with van der Waals surface area (Å²) in [5.41, 5.74) is 2.33. The highest BCUT2D eigenvalue weighted by molar-refractivity contribution is 6.30. The molecule has 0 saturated carbocycles. The molecule has 1 aromatic carbocycles. The van der Waals surface area contributed by atoms with Crippen LogP contribution < -0.4 is 10.2 Å². The molecule has 0 spiro atoms. The zero-order valence-corrected chi connectivity index (χ0v) is 15.5. The number of nitrogens with one attached hydrogen (secondary N) is 1. The van der Waals surface area contributed by atoms with Crippen molar-refractivity contribution in [3.63, 3.8) is 0 Å². The molecule has 3 aromatic rings. The topological polar surface area (TPSA) is 66.7 Å². The van der Waals surface area contributed by atoms with Crippen molar-refractivity contribution in [2.45, 2.75) is 20.3 Å². The highest BCUT2D eigenvalue weighted by Gasteiger charge is 2.19. The van der Waals surface area contributed by atoms with Gasteiger partial charge in [-0.3, -0.25) is 14.0 Å².